The Labute approximate surface area is 180 Å². The molecule has 9 heteroatoms. The van der Waals surface area contributed by atoms with E-state index in [2.05, 4.69) is 9.97 Å². The maximum atomic E-state index is 11.5. The van der Waals surface area contributed by atoms with Crippen molar-refractivity contribution in [2.24, 2.45) is 5.73 Å². The molecule has 5 heterocycles. The Bertz CT molecular complexity index is 1490. The predicted octanol–water partition coefficient (Wildman–Crippen LogP) is 3.70. The molecule has 0 bridgehead atoms. The normalized spacial score (nSPS) is 14.2. The summed E-state index contributed by atoms with van der Waals surface area (Å²) in [7, 11) is 0. The number of carbonyl (C=O) groups is 1. The van der Waals surface area contributed by atoms with Gasteiger partial charge in [-0.25, -0.2) is 15.0 Å². The molecule has 1 amide bonds. The van der Waals surface area contributed by atoms with Crippen LogP contribution in [0.25, 0.3) is 44.7 Å². The molecular formula is C22H17N7OS. The van der Waals surface area contributed by atoms with Crippen LogP contribution < -0.4 is 5.73 Å². The lowest BCUT2D eigenvalue weighted by atomic mass is 10.0. The van der Waals surface area contributed by atoms with E-state index in [0.29, 0.717) is 11.7 Å². The van der Waals surface area contributed by atoms with Gasteiger partial charge in [-0.15, -0.1) is 11.3 Å². The molecular weight excluding hydrogens is 410 g/mol. The zero-order chi connectivity index (χ0) is 20.9. The fourth-order valence-corrected chi connectivity index (χ4v) is 4.53. The first kappa shape index (κ1) is 18.0. The van der Waals surface area contributed by atoms with Crippen LogP contribution in [0.2, 0.25) is 0 Å². The van der Waals surface area contributed by atoms with Gasteiger partial charge in [-0.3, -0.25) is 13.9 Å². The molecule has 2 N–H and O–H groups in total. The third-order valence-corrected chi connectivity index (χ3v) is 6.14. The number of primary amides is 1. The number of aromatic nitrogens is 6. The van der Waals surface area contributed by atoms with Crippen molar-refractivity contribution in [3.05, 3.63) is 60.0 Å². The monoisotopic (exact) mass is 427 g/mol. The first-order valence-corrected chi connectivity index (χ1v) is 10.8. The largest absolute Gasteiger partial charge is 0.366 e. The summed E-state index contributed by atoms with van der Waals surface area (Å²) < 4.78 is 4.06. The Morgan fingerprint density at radius 2 is 2.13 bits per heavy atom. The molecule has 0 aliphatic heterocycles. The maximum absolute atomic E-state index is 11.5. The molecule has 0 spiro atoms. The summed E-state index contributed by atoms with van der Waals surface area (Å²) in [5.41, 5.74) is 10.1. The fourth-order valence-electron chi connectivity index (χ4n) is 3.81. The second-order valence-electron chi connectivity index (χ2n) is 7.47. The third kappa shape index (κ3) is 3.01. The van der Waals surface area contributed by atoms with Gasteiger partial charge in [-0.05, 0) is 42.7 Å². The number of pyridine rings is 2. The van der Waals surface area contributed by atoms with Crippen molar-refractivity contribution in [3.8, 4) is 22.6 Å². The second-order valence-corrected chi connectivity index (χ2v) is 8.35. The summed E-state index contributed by atoms with van der Waals surface area (Å²) in [4.78, 5) is 26.2. The predicted molar refractivity (Wildman–Crippen MR) is 119 cm³/mol. The molecule has 8 nitrogen and oxygen atoms in total. The molecule has 0 radical (unpaired) electrons. The van der Waals surface area contributed by atoms with E-state index < -0.39 is 5.91 Å². The van der Waals surface area contributed by atoms with Crippen molar-refractivity contribution in [2.45, 2.75) is 18.9 Å². The lowest BCUT2D eigenvalue weighted by Gasteiger charge is -2.10. The Morgan fingerprint density at radius 1 is 1.23 bits per heavy atom. The topological polar surface area (TPSA) is 104 Å². The number of amides is 1. The second kappa shape index (κ2) is 6.85. The Morgan fingerprint density at radius 3 is 2.97 bits per heavy atom. The highest BCUT2D eigenvalue weighted by Gasteiger charge is 2.26. The van der Waals surface area contributed by atoms with Gasteiger partial charge in [-0.1, -0.05) is 0 Å². The van der Waals surface area contributed by atoms with Crippen LogP contribution in [0.15, 0.2) is 54.4 Å². The number of hydrogen-bond acceptors (Lipinski definition) is 6. The number of rotatable bonds is 5. The molecule has 31 heavy (non-hydrogen) atoms. The molecule has 1 aliphatic carbocycles. The zero-order valence-corrected chi connectivity index (χ0v) is 17.2. The van der Waals surface area contributed by atoms with Crippen molar-refractivity contribution in [2.75, 3.05) is 0 Å². The Kier molecular flexibility index (Phi) is 3.97. The van der Waals surface area contributed by atoms with Crippen molar-refractivity contribution >= 4 is 39.3 Å². The quantitative estimate of drug-likeness (QED) is 0.431. The minimum Gasteiger partial charge on any atom is -0.366 e. The molecule has 1 aliphatic rings. The van der Waals surface area contributed by atoms with Gasteiger partial charge in [0, 0.05) is 47.2 Å². The van der Waals surface area contributed by atoms with Crippen LogP contribution in [-0.2, 0) is 4.79 Å². The van der Waals surface area contributed by atoms with Crippen LogP contribution in [0.4, 0.5) is 0 Å². The number of nitrogens with zero attached hydrogens (tertiary/aromatic N) is 6. The highest BCUT2D eigenvalue weighted by Crippen LogP contribution is 2.39. The van der Waals surface area contributed by atoms with E-state index in [4.69, 9.17) is 15.8 Å². The van der Waals surface area contributed by atoms with Gasteiger partial charge >= 0.3 is 0 Å². The molecule has 5 aromatic rings. The minimum atomic E-state index is -0.517. The number of carbonyl (C=O) groups excluding carboxylic acids is 1. The highest BCUT2D eigenvalue weighted by molar-refractivity contribution is 7.15. The molecule has 0 atom stereocenters. The fraction of sp³-hybridized carbons (Fsp3) is 0.136. The van der Waals surface area contributed by atoms with Crippen LogP contribution in [0, 0.1) is 0 Å². The van der Waals surface area contributed by atoms with E-state index in [1.54, 1.807) is 29.8 Å². The first-order chi connectivity index (χ1) is 15.2. The molecule has 152 valence electrons. The average Bonchev–Trinajstić information content (AvgIpc) is 3.18. The molecule has 0 saturated heterocycles. The van der Waals surface area contributed by atoms with Crippen molar-refractivity contribution in [3.63, 3.8) is 0 Å². The smallest absolute Gasteiger partial charge is 0.241 e. The van der Waals surface area contributed by atoms with Gasteiger partial charge < -0.3 is 5.73 Å². The number of thiazole rings is 1. The van der Waals surface area contributed by atoms with Crippen LogP contribution in [0.5, 0.6) is 0 Å². The molecule has 1 fully saturated rings. The number of nitrogens with two attached hydrogens (primary N) is 1. The van der Waals surface area contributed by atoms with E-state index in [1.165, 1.54) is 6.08 Å². The summed E-state index contributed by atoms with van der Waals surface area (Å²) in [6.45, 7) is 0. The first-order valence-electron chi connectivity index (χ1n) is 9.92. The van der Waals surface area contributed by atoms with E-state index in [9.17, 15) is 4.79 Å². The third-order valence-electron chi connectivity index (χ3n) is 5.39. The van der Waals surface area contributed by atoms with Gasteiger partial charge in [0.1, 0.15) is 11.4 Å². The minimum absolute atomic E-state index is 0.489. The Balaban J connectivity index is 1.63. The van der Waals surface area contributed by atoms with E-state index >= 15 is 0 Å². The van der Waals surface area contributed by atoms with E-state index in [-0.39, 0.29) is 0 Å². The lowest BCUT2D eigenvalue weighted by Crippen LogP contribution is -2.05. The number of hydrogen-bond donors (Lipinski definition) is 1. The number of imidazole rings is 1. The van der Waals surface area contributed by atoms with Crippen molar-refractivity contribution in [1.29, 1.82) is 0 Å². The maximum Gasteiger partial charge on any atom is 0.241 e. The van der Waals surface area contributed by atoms with Gasteiger partial charge in [0.2, 0.25) is 5.91 Å². The van der Waals surface area contributed by atoms with Gasteiger partial charge in [0.25, 0.3) is 0 Å². The van der Waals surface area contributed by atoms with Gasteiger partial charge in [0.05, 0.1) is 11.7 Å². The summed E-state index contributed by atoms with van der Waals surface area (Å²) in [6.07, 6.45) is 12.9. The van der Waals surface area contributed by atoms with Gasteiger partial charge in [-0.2, -0.15) is 5.10 Å². The highest BCUT2D eigenvalue weighted by atomic mass is 32.1. The summed E-state index contributed by atoms with van der Waals surface area (Å²) >= 11 is 1.56. The zero-order valence-electron chi connectivity index (χ0n) is 16.3. The molecule has 6 rings (SSSR count). The summed E-state index contributed by atoms with van der Waals surface area (Å²) in [5.74, 6) is -0.517. The molecule has 5 aromatic heterocycles. The van der Waals surface area contributed by atoms with E-state index in [1.807, 2.05) is 45.1 Å². The van der Waals surface area contributed by atoms with Crippen molar-refractivity contribution < 1.29 is 4.79 Å². The summed E-state index contributed by atoms with van der Waals surface area (Å²) in [6, 6.07) is 6.28. The average molecular weight is 427 g/mol. The summed E-state index contributed by atoms with van der Waals surface area (Å²) in [5, 5.41) is 7.61. The van der Waals surface area contributed by atoms with Crippen LogP contribution in [0.3, 0.4) is 0 Å². The number of fused-ring (bicyclic) bond motifs is 2. The van der Waals surface area contributed by atoms with Gasteiger partial charge in [0.15, 0.2) is 10.6 Å². The van der Waals surface area contributed by atoms with E-state index in [0.717, 1.165) is 51.4 Å². The standard InChI is InChI=1S/C22H17N7OS/c23-18(30)6-5-14-15-2-1-8-24-21(15)25-12-16(14)20-19(26-22-28(20)10-11-31-22)17-7-9-29(27-17)13-3-4-13/h1-2,5-13H,3-4H2,(H2,23,30)/b6-5+. The van der Waals surface area contributed by atoms with Crippen LogP contribution in [-0.4, -0.2) is 35.0 Å². The molecule has 0 unspecified atom stereocenters. The van der Waals surface area contributed by atoms with Crippen molar-refractivity contribution in [1.82, 2.24) is 29.1 Å². The SMILES string of the molecule is NC(=O)/C=C/c1c(-c2c(-c3ccn(C4CC4)n3)nc3sccn23)cnc2ncccc12. The molecule has 0 aromatic carbocycles. The molecule has 1 saturated carbocycles. The lowest BCUT2D eigenvalue weighted by molar-refractivity contribution is -0.113. The van der Waals surface area contributed by atoms with Crippen LogP contribution in [0.1, 0.15) is 24.4 Å². The Hall–Kier alpha value is -3.85. The van der Waals surface area contributed by atoms with Crippen LogP contribution >= 0.6 is 11.3 Å².